The molecule has 5 nitrogen and oxygen atoms in total. The summed E-state index contributed by atoms with van der Waals surface area (Å²) >= 11 is 0. The van der Waals surface area contributed by atoms with Crippen molar-refractivity contribution in [2.45, 2.75) is 6.42 Å². The number of benzene rings is 2. The molecule has 3 rings (SSSR count). The largest absolute Gasteiger partial charge is 0.497 e. The highest BCUT2D eigenvalue weighted by Crippen LogP contribution is 2.26. The number of rotatable bonds is 4. The Morgan fingerprint density at radius 1 is 1.17 bits per heavy atom. The lowest BCUT2D eigenvalue weighted by Crippen LogP contribution is -2.33. The van der Waals surface area contributed by atoms with E-state index < -0.39 is 5.92 Å². The number of hydrogen-bond donors (Lipinski definition) is 1. The summed E-state index contributed by atoms with van der Waals surface area (Å²) in [5, 5.41) is 2.79. The van der Waals surface area contributed by atoms with Gasteiger partial charge in [0.1, 0.15) is 11.7 Å². The van der Waals surface area contributed by atoms with Crippen molar-refractivity contribution in [2.24, 2.45) is 5.92 Å². The third-order valence-electron chi connectivity index (χ3n) is 3.93. The number of ether oxygens (including phenoxy) is 1. The second-order valence-corrected chi connectivity index (χ2v) is 5.39. The quantitative estimate of drug-likeness (QED) is 0.883. The normalized spacial score (nSPS) is 17.2. The van der Waals surface area contributed by atoms with Crippen molar-refractivity contribution in [1.82, 2.24) is 0 Å². The van der Waals surface area contributed by atoms with Crippen LogP contribution in [-0.4, -0.2) is 25.5 Å². The van der Waals surface area contributed by atoms with Crippen LogP contribution in [0.25, 0.3) is 0 Å². The SMILES string of the molecule is COc1cccc(NC(=O)C2CCN(c3ccccc3)C2=O)c1. The van der Waals surface area contributed by atoms with E-state index in [0.717, 1.165) is 5.69 Å². The van der Waals surface area contributed by atoms with Gasteiger partial charge in [-0.15, -0.1) is 0 Å². The van der Waals surface area contributed by atoms with E-state index in [1.54, 1.807) is 36.3 Å². The molecule has 0 aliphatic carbocycles. The van der Waals surface area contributed by atoms with Crippen molar-refractivity contribution in [3.05, 3.63) is 54.6 Å². The third kappa shape index (κ3) is 3.18. The van der Waals surface area contributed by atoms with Gasteiger partial charge in [0.25, 0.3) is 0 Å². The Hall–Kier alpha value is -2.82. The van der Waals surface area contributed by atoms with Crippen LogP contribution in [0, 0.1) is 5.92 Å². The summed E-state index contributed by atoms with van der Waals surface area (Å²) in [7, 11) is 1.57. The molecule has 2 aromatic carbocycles. The Balaban J connectivity index is 1.70. The van der Waals surface area contributed by atoms with E-state index in [-0.39, 0.29) is 11.8 Å². The smallest absolute Gasteiger partial charge is 0.239 e. The van der Waals surface area contributed by atoms with Crippen LogP contribution in [0.1, 0.15) is 6.42 Å². The summed E-state index contributed by atoms with van der Waals surface area (Å²) in [6, 6.07) is 16.5. The van der Waals surface area contributed by atoms with Gasteiger partial charge < -0.3 is 15.0 Å². The van der Waals surface area contributed by atoms with E-state index >= 15 is 0 Å². The Bertz CT molecular complexity index is 715. The standard InChI is InChI=1S/C18H18N2O3/c1-23-15-9-5-6-13(12-15)19-17(21)16-10-11-20(18(16)22)14-7-3-2-4-8-14/h2-9,12,16H,10-11H2,1H3,(H,19,21). The van der Waals surface area contributed by atoms with Gasteiger partial charge in [0.15, 0.2) is 0 Å². The number of amides is 2. The maximum atomic E-state index is 12.5. The van der Waals surface area contributed by atoms with Gasteiger partial charge in [0, 0.05) is 24.0 Å². The molecule has 2 amide bonds. The zero-order valence-electron chi connectivity index (χ0n) is 12.9. The number of nitrogens with one attached hydrogen (secondary N) is 1. The van der Waals surface area contributed by atoms with E-state index in [1.807, 2.05) is 30.3 Å². The van der Waals surface area contributed by atoms with Crippen molar-refractivity contribution < 1.29 is 14.3 Å². The highest BCUT2D eigenvalue weighted by atomic mass is 16.5. The first-order valence-corrected chi connectivity index (χ1v) is 7.50. The van der Waals surface area contributed by atoms with Crippen molar-refractivity contribution in [2.75, 3.05) is 23.9 Å². The second-order valence-electron chi connectivity index (χ2n) is 5.39. The molecule has 0 aromatic heterocycles. The molecule has 1 aliphatic rings. The maximum Gasteiger partial charge on any atom is 0.239 e. The lowest BCUT2D eigenvalue weighted by atomic mass is 10.1. The molecule has 1 unspecified atom stereocenters. The second kappa shape index (κ2) is 6.52. The molecule has 23 heavy (non-hydrogen) atoms. The van der Waals surface area contributed by atoms with E-state index in [1.165, 1.54) is 0 Å². The lowest BCUT2D eigenvalue weighted by Gasteiger charge is -2.16. The minimum Gasteiger partial charge on any atom is -0.497 e. The molecule has 1 aliphatic heterocycles. The molecule has 118 valence electrons. The van der Waals surface area contributed by atoms with E-state index in [9.17, 15) is 9.59 Å². The molecule has 1 saturated heterocycles. The molecule has 0 saturated carbocycles. The fourth-order valence-electron chi connectivity index (χ4n) is 2.72. The molecule has 0 bridgehead atoms. The Morgan fingerprint density at radius 3 is 2.70 bits per heavy atom. The molecule has 0 spiro atoms. The molecule has 1 fully saturated rings. The van der Waals surface area contributed by atoms with Gasteiger partial charge in [0.05, 0.1) is 7.11 Å². The zero-order valence-corrected chi connectivity index (χ0v) is 12.9. The monoisotopic (exact) mass is 310 g/mol. The molecule has 2 aromatic rings. The fourth-order valence-corrected chi connectivity index (χ4v) is 2.72. The van der Waals surface area contributed by atoms with Crippen LogP contribution in [-0.2, 0) is 9.59 Å². The summed E-state index contributed by atoms with van der Waals surface area (Å²) in [4.78, 5) is 26.6. The molecule has 1 N–H and O–H groups in total. The number of nitrogens with zero attached hydrogens (tertiary/aromatic N) is 1. The number of carbonyl (C=O) groups excluding carboxylic acids is 2. The molecule has 0 radical (unpaired) electrons. The topological polar surface area (TPSA) is 58.6 Å². The van der Waals surface area contributed by atoms with Crippen LogP contribution in [0.3, 0.4) is 0 Å². The van der Waals surface area contributed by atoms with Crippen molar-refractivity contribution in [3.63, 3.8) is 0 Å². The molecular weight excluding hydrogens is 292 g/mol. The number of methoxy groups -OCH3 is 1. The fraction of sp³-hybridized carbons (Fsp3) is 0.222. The number of carbonyl (C=O) groups is 2. The van der Waals surface area contributed by atoms with Gasteiger partial charge in [-0.05, 0) is 30.7 Å². The molecular formula is C18H18N2O3. The number of hydrogen-bond acceptors (Lipinski definition) is 3. The van der Waals surface area contributed by atoms with Crippen LogP contribution in [0.15, 0.2) is 54.6 Å². The van der Waals surface area contributed by atoms with Crippen LogP contribution in [0.4, 0.5) is 11.4 Å². The first-order chi connectivity index (χ1) is 11.2. The highest BCUT2D eigenvalue weighted by Gasteiger charge is 2.37. The van der Waals surface area contributed by atoms with Gasteiger partial charge >= 0.3 is 0 Å². The summed E-state index contributed by atoms with van der Waals surface area (Å²) in [6.45, 7) is 0.555. The average molecular weight is 310 g/mol. The van der Waals surface area contributed by atoms with E-state index in [0.29, 0.717) is 24.4 Å². The maximum absolute atomic E-state index is 12.5. The van der Waals surface area contributed by atoms with Crippen molar-refractivity contribution in [3.8, 4) is 5.75 Å². The average Bonchev–Trinajstić information content (AvgIpc) is 2.97. The predicted molar refractivity (Wildman–Crippen MR) is 88.5 cm³/mol. The van der Waals surface area contributed by atoms with Crippen molar-refractivity contribution in [1.29, 1.82) is 0 Å². The Kier molecular flexibility index (Phi) is 4.28. The van der Waals surface area contributed by atoms with Gasteiger partial charge in [-0.2, -0.15) is 0 Å². The third-order valence-corrected chi connectivity index (χ3v) is 3.93. The van der Waals surface area contributed by atoms with Gasteiger partial charge in [-0.3, -0.25) is 9.59 Å². The van der Waals surface area contributed by atoms with Gasteiger partial charge in [0.2, 0.25) is 11.8 Å². The van der Waals surface area contributed by atoms with Crippen LogP contribution < -0.4 is 15.0 Å². The predicted octanol–water partition coefficient (Wildman–Crippen LogP) is 2.69. The first-order valence-electron chi connectivity index (χ1n) is 7.50. The minimum absolute atomic E-state index is 0.156. The highest BCUT2D eigenvalue weighted by molar-refractivity contribution is 6.13. The molecule has 5 heteroatoms. The Labute approximate surface area is 134 Å². The Morgan fingerprint density at radius 2 is 1.96 bits per heavy atom. The van der Waals surface area contributed by atoms with E-state index in [4.69, 9.17) is 4.74 Å². The van der Waals surface area contributed by atoms with Crippen LogP contribution >= 0.6 is 0 Å². The molecule has 1 atom stereocenters. The van der Waals surface area contributed by atoms with Crippen molar-refractivity contribution >= 4 is 23.2 Å². The van der Waals surface area contributed by atoms with E-state index in [2.05, 4.69) is 5.32 Å². The summed E-state index contributed by atoms with van der Waals surface area (Å²) < 4.78 is 5.13. The minimum atomic E-state index is -0.651. The van der Waals surface area contributed by atoms with Gasteiger partial charge in [-0.1, -0.05) is 24.3 Å². The summed E-state index contributed by atoms with van der Waals surface area (Å²) in [5.74, 6) is -0.425. The van der Waals surface area contributed by atoms with Crippen LogP contribution in [0.2, 0.25) is 0 Å². The zero-order chi connectivity index (χ0) is 16.2. The van der Waals surface area contributed by atoms with Crippen LogP contribution in [0.5, 0.6) is 5.75 Å². The number of anilines is 2. The van der Waals surface area contributed by atoms with Gasteiger partial charge in [-0.25, -0.2) is 0 Å². The summed E-state index contributed by atoms with van der Waals surface area (Å²) in [5.41, 5.74) is 1.45. The lowest BCUT2D eigenvalue weighted by molar-refractivity contribution is -0.129. The molecule has 1 heterocycles. The first kappa shape index (κ1) is 15.1. The summed E-state index contributed by atoms with van der Waals surface area (Å²) in [6.07, 6.45) is 0.517. The number of para-hydroxylation sites is 1.